The third-order valence-electron chi connectivity index (χ3n) is 1.60. The summed E-state index contributed by atoms with van der Waals surface area (Å²) in [4.78, 5) is 10.4. The second kappa shape index (κ2) is 2.93. The quantitative estimate of drug-likeness (QED) is 0.607. The maximum absolute atomic E-state index is 11.8. The van der Waals surface area contributed by atoms with Gasteiger partial charge < -0.3 is 9.84 Å². The van der Waals surface area contributed by atoms with Gasteiger partial charge in [-0.15, -0.1) is 0 Å². The average molecular weight is 184 g/mol. The molecule has 0 unspecified atom stereocenters. The molecule has 1 fully saturated rings. The molecule has 0 saturated carbocycles. The number of hydrogen-bond donors (Lipinski definition) is 1. The van der Waals surface area contributed by atoms with Crippen molar-refractivity contribution in [3.8, 4) is 0 Å². The van der Waals surface area contributed by atoms with Gasteiger partial charge in [0.15, 0.2) is 6.10 Å². The van der Waals surface area contributed by atoms with Gasteiger partial charge in [-0.3, -0.25) is 4.79 Å². The number of cyclic esters (lactones) is 1. The molecule has 0 aromatic rings. The summed E-state index contributed by atoms with van der Waals surface area (Å²) in [7, 11) is 0. The van der Waals surface area contributed by atoms with Gasteiger partial charge in [-0.1, -0.05) is 0 Å². The van der Waals surface area contributed by atoms with Crippen molar-refractivity contribution in [2.24, 2.45) is 0 Å². The van der Waals surface area contributed by atoms with Gasteiger partial charge in [-0.25, -0.2) is 0 Å². The monoisotopic (exact) mass is 184 g/mol. The van der Waals surface area contributed by atoms with E-state index in [1.165, 1.54) is 0 Å². The largest absolute Gasteiger partial charge is 0.459 e. The summed E-state index contributed by atoms with van der Waals surface area (Å²) in [5.41, 5.74) is 0. The highest BCUT2D eigenvalue weighted by Crippen LogP contribution is 2.28. The zero-order valence-electron chi connectivity index (χ0n) is 5.97. The van der Waals surface area contributed by atoms with Gasteiger partial charge in [0.25, 0.3) is 0 Å². The number of carbonyl (C=O) groups is 1. The number of esters is 1. The van der Waals surface area contributed by atoms with E-state index in [-0.39, 0.29) is 12.8 Å². The van der Waals surface area contributed by atoms with E-state index in [4.69, 9.17) is 5.11 Å². The molecule has 2 atom stereocenters. The molecule has 1 heterocycles. The van der Waals surface area contributed by atoms with Crippen LogP contribution in [0.4, 0.5) is 13.2 Å². The highest BCUT2D eigenvalue weighted by atomic mass is 19.4. The molecule has 1 saturated heterocycles. The van der Waals surface area contributed by atoms with Gasteiger partial charge in [0.2, 0.25) is 0 Å². The van der Waals surface area contributed by atoms with Crippen molar-refractivity contribution in [3.05, 3.63) is 0 Å². The predicted octanol–water partition coefficient (Wildman–Crippen LogP) is 0.615. The molecule has 6 heteroatoms. The Morgan fingerprint density at radius 1 is 1.58 bits per heavy atom. The van der Waals surface area contributed by atoms with E-state index in [0.717, 1.165) is 0 Å². The molecule has 1 aliphatic heterocycles. The molecule has 1 aliphatic rings. The van der Waals surface area contributed by atoms with Crippen molar-refractivity contribution in [1.82, 2.24) is 0 Å². The molecule has 1 N–H and O–H groups in total. The summed E-state index contributed by atoms with van der Waals surface area (Å²) in [6, 6.07) is 0. The average Bonchev–Trinajstić information content (AvgIpc) is 2.32. The molecule has 0 bridgehead atoms. The lowest BCUT2D eigenvalue weighted by atomic mass is 10.1. The molecule has 70 valence electrons. The second-order valence-electron chi connectivity index (χ2n) is 2.55. The standard InChI is InChI=1S/C6H7F3O3/c7-6(8,9)5(11)3-1-2-4(10)12-3/h3,5,11H,1-2H2/t3-,5+/m1/s1. The lowest BCUT2D eigenvalue weighted by Crippen LogP contribution is -2.39. The number of aliphatic hydroxyl groups excluding tert-OH is 1. The predicted molar refractivity (Wildman–Crippen MR) is 31.2 cm³/mol. The van der Waals surface area contributed by atoms with Crippen LogP contribution >= 0.6 is 0 Å². The van der Waals surface area contributed by atoms with Crippen LogP contribution in [0.1, 0.15) is 12.8 Å². The van der Waals surface area contributed by atoms with Crippen molar-refractivity contribution in [2.45, 2.75) is 31.2 Å². The molecular weight excluding hydrogens is 177 g/mol. The Morgan fingerprint density at radius 2 is 2.17 bits per heavy atom. The van der Waals surface area contributed by atoms with Crippen LogP contribution in [0, 0.1) is 0 Å². The van der Waals surface area contributed by atoms with Crippen LogP contribution in [0.25, 0.3) is 0 Å². The Morgan fingerprint density at radius 3 is 2.50 bits per heavy atom. The summed E-state index contributed by atoms with van der Waals surface area (Å²) in [6.45, 7) is 0. The van der Waals surface area contributed by atoms with Crippen molar-refractivity contribution in [1.29, 1.82) is 0 Å². The van der Waals surface area contributed by atoms with Crippen molar-refractivity contribution in [3.63, 3.8) is 0 Å². The number of aliphatic hydroxyl groups is 1. The molecule has 0 radical (unpaired) electrons. The van der Waals surface area contributed by atoms with Crippen LogP contribution in [0.3, 0.4) is 0 Å². The Bertz CT molecular complexity index is 189. The summed E-state index contributed by atoms with van der Waals surface area (Å²) >= 11 is 0. The minimum Gasteiger partial charge on any atom is -0.459 e. The second-order valence-corrected chi connectivity index (χ2v) is 2.55. The van der Waals surface area contributed by atoms with Crippen LogP contribution in [0.15, 0.2) is 0 Å². The highest BCUT2D eigenvalue weighted by Gasteiger charge is 2.47. The summed E-state index contributed by atoms with van der Waals surface area (Å²) < 4.78 is 39.6. The number of halogens is 3. The molecule has 0 amide bonds. The molecule has 1 rings (SSSR count). The van der Waals surface area contributed by atoms with Gasteiger partial charge in [-0.2, -0.15) is 13.2 Å². The van der Waals surface area contributed by atoms with E-state index in [2.05, 4.69) is 4.74 Å². The topological polar surface area (TPSA) is 46.5 Å². The lowest BCUT2D eigenvalue weighted by molar-refractivity contribution is -0.230. The van der Waals surface area contributed by atoms with Crippen molar-refractivity contribution in [2.75, 3.05) is 0 Å². The summed E-state index contributed by atoms with van der Waals surface area (Å²) in [6.07, 6.45) is -8.81. The van der Waals surface area contributed by atoms with Crippen molar-refractivity contribution < 1.29 is 27.8 Å². The zero-order chi connectivity index (χ0) is 9.35. The van der Waals surface area contributed by atoms with E-state index >= 15 is 0 Å². The Hall–Kier alpha value is -0.780. The SMILES string of the molecule is O=C1CC[C@H]([C@H](O)C(F)(F)F)O1. The minimum absolute atomic E-state index is 0.0577. The first kappa shape index (κ1) is 9.31. The third kappa shape index (κ3) is 1.88. The van der Waals surface area contributed by atoms with E-state index in [1.807, 2.05) is 0 Å². The molecule has 0 aromatic carbocycles. The minimum atomic E-state index is -4.71. The number of ether oxygens (including phenoxy) is 1. The number of carbonyl (C=O) groups excluding carboxylic acids is 1. The molecule has 0 aliphatic carbocycles. The molecule has 0 aromatic heterocycles. The summed E-state index contributed by atoms with van der Waals surface area (Å²) in [5.74, 6) is -0.691. The van der Waals surface area contributed by atoms with E-state index < -0.39 is 24.4 Å². The highest BCUT2D eigenvalue weighted by molar-refractivity contribution is 5.71. The Labute approximate surface area is 66.1 Å². The maximum Gasteiger partial charge on any atom is 0.418 e. The molecule has 12 heavy (non-hydrogen) atoms. The van der Waals surface area contributed by atoms with Crippen LogP contribution in [0.5, 0.6) is 0 Å². The maximum atomic E-state index is 11.8. The molecule has 0 spiro atoms. The Balaban J connectivity index is 2.54. The van der Waals surface area contributed by atoms with Crippen LogP contribution in [-0.4, -0.2) is 29.5 Å². The third-order valence-corrected chi connectivity index (χ3v) is 1.60. The van der Waals surface area contributed by atoms with Gasteiger partial charge >= 0.3 is 12.1 Å². The normalized spacial score (nSPS) is 27.0. The van der Waals surface area contributed by atoms with Crippen LogP contribution in [-0.2, 0) is 9.53 Å². The van der Waals surface area contributed by atoms with Gasteiger partial charge in [0, 0.05) is 6.42 Å². The zero-order valence-corrected chi connectivity index (χ0v) is 5.97. The number of hydrogen-bond acceptors (Lipinski definition) is 3. The van der Waals surface area contributed by atoms with Crippen LogP contribution in [0.2, 0.25) is 0 Å². The first-order chi connectivity index (χ1) is 5.41. The smallest absolute Gasteiger partial charge is 0.418 e. The number of rotatable bonds is 1. The van der Waals surface area contributed by atoms with Gasteiger partial charge in [0.05, 0.1) is 0 Å². The Kier molecular flexibility index (Phi) is 2.27. The first-order valence-corrected chi connectivity index (χ1v) is 3.35. The fraction of sp³-hybridized carbons (Fsp3) is 0.833. The molecular formula is C6H7F3O3. The van der Waals surface area contributed by atoms with Crippen LogP contribution < -0.4 is 0 Å². The fourth-order valence-electron chi connectivity index (χ4n) is 0.980. The molecule has 3 nitrogen and oxygen atoms in total. The first-order valence-electron chi connectivity index (χ1n) is 3.35. The fourth-order valence-corrected chi connectivity index (χ4v) is 0.980. The summed E-state index contributed by atoms with van der Waals surface area (Å²) in [5, 5.41) is 8.60. The van der Waals surface area contributed by atoms with Gasteiger partial charge in [0.1, 0.15) is 6.10 Å². The van der Waals surface area contributed by atoms with E-state index in [9.17, 15) is 18.0 Å². The lowest BCUT2D eigenvalue weighted by Gasteiger charge is -2.19. The van der Waals surface area contributed by atoms with Gasteiger partial charge in [-0.05, 0) is 6.42 Å². The van der Waals surface area contributed by atoms with E-state index in [1.54, 1.807) is 0 Å². The number of alkyl halides is 3. The van der Waals surface area contributed by atoms with E-state index in [0.29, 0.717) is 0 Å². The van der Waals surface area contributed by atoms with Crippen molar-refractivity contribution >= 4 is 5.97 Å².